The number of halogens is 1. The molecule has 1 aromatic carbocycles. The number of rotatable bonds is 6. The van der Waals surface area contributed by atoms with E-state index in [0.717, 1.165) is 39.1 Å². The van der Waals surface area contributed by atoms with Gasteiger partial charge < -0.3 is 9.30 Å². The molecule has 0 aliphatic heterocycles. The molecule has 1 N–H and O–H groups in total. The summed E-state index contributed by atoms with van der Waals surface area (Å²) < 4.78 is 7.64. The van der Waals surface area contributed by atoms with Gasteiger partial charge in [0.15, 0.2) is 0 Å². The highest BCUT2D eigenvalue weighted by molar-refractivity contribution is 6.31. The summed E-state index contributed by atoms with van der Waals surface area (Å²) in [4.78, 5) is 21.9. The fraction of sp³-hybridized carbons (Fsp3) is 0.179. The third kappa shape index (κ3) is 4.82. The van der Waals surface area contributed by atoms with Gasteiger partial charge in [0.2, 0.25) is 0 Å². The monoisotopic (exact) mass is 510 g/mol. The van der Waals surface area contributed by atoms with Crippen LogP contribution in [-0.2, 0) is 13.2 Å². The quantitative estimate of drug-likeness (QED) is 0.333. The number of aryl methyl sites for hydroxylation is 3. The second-order valence-electron chi connectivity index (χ2n) is 8.84. The van der Waals surface area contributed by atoms with E-state index < -0.39 is 0 Å². The Morgan fingerprint density at radius 1 is 1.11 bits per heavy atom. The van der Waals surface area contributed by atoms with Crippen LogP contribution in [0.4, 0.5) is 0 Å². The Bertz CT molecular complexity index is 1750. The molecule has 0 saturated heterocycles. The van der Waals surface area contributed by atoms with Crippen LogP contribution in [-0.4, -0.2) is 24.7 Å². The van der Waals surface area contributed by atoms with Crippen molar-refractivity contribution in [3.8, 4) is 23.1 Å². The molecule has 0 aliphatic rings. The first-order chi connectivity index (χ1) is 17.8. The molecular formula is C28H23ClN6O2. The highest BCUT2D eigenvalue weighted by atomic mass is 35.5. The zero-order valence-electron chi connectivity index (χ0n) is 20.5. The van der Waals surface area contributed by atoms with Crippen molar-refractivity contribution in [1.29, 1.82) is 5.26 Å². The molecule has 5 aromatic rings. The first-order valence-corrected chi connectivity index (χ1v) is 12.0. The Morgan fingerprint density at radius 2 is 1.92 bits per heavy atom. The molecule has 0 amide bonds. The SMILES string of the molecule is Cc1cc(Cl)c(COc2ccc3nc(C)cc(-c4[nH]ncc4C)c3c2)c(Cn2cccc(C#N)c2=O)n1. The van der Waals surface area contributed by atoms with Crippen LogP contribution >= 0.6 is 11.6 Å². The Hall–Kier alpha value is -4.48. The molecule has 184 valence electrons. The summed E-state index contributed by atoms with van der Waals surface area (Å²) in [6, 6.07) is 14.6. The van der Waals surface area contributed by atoms with E-state index in [1.165, 1.54) is 10.6 Å². The minimum absolute atomic E-state index is 0.0716. The molecule has 0 unspecified atom stereocenters. The van der Waals surface area contributed by atoms with E-state index in [2.05, 4.69) is 20.2 Å². The average Bonchev–Trinajstić information content (AvgIpc) is 3.29. The lowest BCUT2D eigenvalue weighted by atomic mass is 10.0. The molecule has 4 aromatic heterocycles. The highest BCUT2D eigenvalue weighted by Crippen LogP contribution is 2.32. The van der Waals surface area contributed by atoms with Gasteiger partial charge in [-0.3, -0.25) is 19.9 Å². The van der Waals surface area contributed by atoms with Gasteiger partial charge in [0.25, 0.3) is 5.56 Å². The predicted octanol–water partition coefficient (Wildman–Crippen LogP) is 5.26. The fourth-order valence-electron chi connectivity index (χ4n) is 4.32. The van der Waals surface area contributed by atoms with Crippen LogP contribution < -0.4 is 10.3 Å². The van der Waals surface area contributed by atoms with Crippen LogP contribution in [0.25, 0.3) is 22.2 Å². The van der Waals surface area contributed by atoms with E-state index in [1.807, 2.05) is 51.1 Å². The van der Waals surface area contributed by atoms with Crippen molar-refractivity contribution in [1.82, 2.24) is 24.7 Å². The molecule has 8 nitrogen and oxygen atoms in total. The third-order valence-corrected chi connectivity index (χ3v) is 6.47. The first kappa shape index (κ1) is 24.2. The van der Waals surface area contributed by atoms with Crippen molar-refractivity contribution in [2.45, 2.75) is 33.9 Å². The second-order valence-corrected chi connectivity index (χ2v) is 9.25. The maximum atomic E-state index is 12.6. The number of nitrogens with one attached hydrogen (secondary N) is 1. The van der Waals surface area contributed by atoms with Gasteiger partial charge in [0.1, 0.15) is 24.0 Å². The standard InChI is InChI=1S/C28H23ClN6O2/c1-16-13-31-34-27(16)22-9-17(2)32-25-7-6-20(11-21(22)25)37-15-23-24(29)10-18(3)33-26(23)14-35-8-4-5-19(12-30)28(35)36/h4-11,13H,14-15H2,1-3H3,(H,31,34). The lowest BCUT2D eigenvalue weighted by Gasteiger charge is -2.15. The third-order valence-electron chi connectivity index (χ3n) is 6.13. The topological polar surface area (TPSA) is 109 Å². The van der Waals surface area contributed by atoms with Crippen molar-refractivity contribution in [2.24, 2.45) is 0 Å². The highest BCUT2D eigenvalue weighted by Gasteiger charge is 2.15. The maximum absolute atomic E-state index is 12.6. The zero-order valence-corrected chi connectivity index (χ0v) is 21.3. The minimum Gasteiger partial charge on any atom is -0.489 e. The number of hydrogen-bond donors (Lipinski definition) is 1. The summed E-state index contributed by atoms with van der Waals surface area (Å²) in [5.74, 6) is 0.641. The summed E-state index contributed by atoms with van der Waals surface area (Å²) in [6.45, 7) is 6.12. The smallest absolute Gasteiger partial charge is 0.268 e. The molecule has 4 heterocycles. The molecule has 0 bridgehead atoms. The first-order valence-electron chi connectivity index (χ1n) is 11.6. The Morgan fingerprint density at radius 3 is 2.68 bits per heavy atom. The molecule has 37 heavy (non-hydrogen) atoms. The van der Waals surface area contributed by atoms with Gasteiger partial charge in [-0.15, -0.1) is 0 Å². The number of aromatic amines is 1. The molecule has 5 rings (SSSR count). The van der Waals surface area contributed by atoms with E-state index in [0.29, 0.717) is 22.0 Å². The van der Waals surface area contributed by atoms with Gasteiger partial charge in [-0.05, 0) is 68.8 Å². The lowest BCUT2D eigenvalue weighted by Crippen LogP contribution is -2.23. The number of fused-ring (bicyclic) bond motifs is 1. The van der Waals surface area contributed by atoms with Crippen LogP contribution in [0.15, 0.2) is 59.7 Å². The zero-order chi connectivity index (χ0) is 26.1. The van der Waals surface area contributed by atoms with E-state index in [-0.39, 0.29) is 24.3 Å². The molecular weight excluding hydrogens is 488 g/mol. The van der Waals surface area contributed by atoms with Crippen molar-refractivity contribution < 1.29 is 4.74 Å². The summed E-state index contributed by atoms with van der Waals surface area (Å²) in [5.41, 5.74) is 6.42. The van der Waals surface area contributed by atoms with Gasteiger partial charge >= 0.3 is 0 Å². The normalized spacial score (nSPS) is 11.0. The van der Waals surface area contributed by atoms with Gasteiger partial charge in [0.05, 0.1) is 34.7 Å². The molecule has 0 fully saturated rings. The molecule has 0 atom stereocenters. The molecule has 0 spiro atoms. The van der Waals surface area contributed by atoms with Crippen LogP contribution in [0.1, 0.15) is 33.8 Å². The van der Waals surface area contributed by atoms with E-state index in [9.17, 15) is 10.1 Å². The average molecular weight is 511 g/mol. The second kappa shape index (κ2) is 9.88. The van der Waals surface area contributed by atoms with Crippen molar-refractivity contribution in [3.63, 3.8) is 0 Å². The van der Waals surface area contributed by atoms with Crippen LogP contribution in [0.3, 0.4) is 0 Å². The van der Waals surface area contributed by atoms with Crippen molar-refractivity contribution >= 4 is 22.5 Å². The van der Waals surface area contributed by atoms with Crippen LogP contribution in [0, 0.1) is 32.1 Å². The van der Waals surface area contributed by atoms with Crippen LogP contribution in [0.2, 0.25) is 5.02 Å². The molecule has 0 saturated carbocycles. The number of aromatic nitrogens is 5. The number of H-pyrrole nitrogens is 1. The summed E-state index contributed by atoms with van der Waals surface area (Å²) in [5, 5.41) is 17.9. The number of nitrogens with zero attached hydrogens (tertiary/aromatic N) is 5. The van der Waals surface area contributed by atoms with Gasteiger partial charge in [0, 0.05) is 34.1 Å². The molecule has 0 radical (unpaired) electrons. The number of pyridine rings is 3. The van der Waals surface area contributed by atoms with Crippen molar-refractivity contribution in [3.05, 3.63) is 104 Å². The number of hydrogen-bond acceptors (Lipinski definition) is 6. The lowest BCUT2D eigenvalue weighted by molar-refractivity contribution is 0.304. The number of nitriles is 1. The number of ether oxygens (including phenoxy) is 1. The number of benzene rings is 1. The Balaban J connectivity index is 1.49. The van der Waals surface area contributed by atoms with Gasteiger partial charge in [-0.2, -0.15) is 10.4 Å². The van der Waals surface area contributed by atoms with E-state index in [4.69, 9.17) is 16.3 Å². The van der Waals surface area contributed by atoms with Crippen molar-refractivity contribution in [2.75, 3.05) is 0 Å². The summed E-state index contributed by atoms with van der Waals surface area (Å²) in [7, 11) is 0. The molecule has 0 aliphatic carbocycles. The Labute approximate surface area is 218 Å². The summed E-state index contributed by atoms with van der Waals surface area (Å²) in [6.07, 6.45) is 3.42. The Kier molecular flexibility index (Phi) is 6.47. The predicted molar refractivity (Wildman–Crippen MR) is 142 cm³/mol. The molecule has 9 heteroatoms. The van der Waals surface area contributed by atoms with Crippen LogP contribution in [0.5, 0.6) is 5.75 Å². The van der Waals surface area contributed by atoms with Gasteiger partial charge in [-0.25, -0.2) is 0 Å². The van der Waals surface area contributed by atoms with Gasteiger partial charge in [-0.1, -0.05) is 11.6 Å². The van der Waals surface area contributed by atoms with E-state index in [1.54, 1.807) is 24.5 Å². The maximum Gasteiger partial charge on any atom is 0.268 e. The fourth-order valence-corrected chi connectivity index (χ4v) is 4.64. The van der Waals surface area contributed by atoms with E-state index >= 15 is 0 Å². The minimum atomic E-state index is -0.379. The summed E-state index contributed by atoms with van der Waals surface area (Å²) >= 11 is 6.61. The largest absolute Gasteiger partial charge is 0.489 e.